The second-order valence-corrected chi connectivity index (χ2v) is 8.40. The highest BCUT2D eigenvalue weighted by Gasteiger charge is 2.38. The number of carboxylic acids is 1. The summed E-state index contributed by atoms with van der Waals surface area (Å²) in [5, 5.41) is 9.08. The molecule has 1 aliphatic heterocycles. The minimum absolute atomic E-state index is 0.0235. The van der Waals surface area contributed by atoms with E-state index in [0.29, 0.717) is 0 Å². The number of benzene rings is 2. The van der Waals surface area contributed by atoms with Crippen LogP contribution in [0, 0.1) is 0 Å². The summed E-state index contributed by atoms with van der Waals surface area (Å²) in [5.74, 6) is -2.76. The van der Waals surface area contributed by atoms with E-state index in [1.807, 2.05) is 41.0 Å². The minimum Gasteiger partial charge on any atom is -0.475 e. The maximum absolute atomic E-state index is 12.2. The fourth-order valence-corrected chi connectivity index (χ4v) is 4.44. The Morgan fingerprint density at radius 1 is 1.06 bits per heavy atom. The molecular formula is C23H22ClF3N4O3. The number of aromatic nitrogens is 3. The van der Waals surface area contributed by atoms with Crippen LogP contribution in [-0.2, 0) is 24.4 Å². The number of hydrogen-bond acceptors (Lipinski definition) is 3. The van der Waals surface area contributed by atoms with E-state index >= 15 is 0 Å². The van der Waals surface area contributed by atoms with E-state index in [-0.39, 0.29) is 5.69 Å². The molecule has 2 aromatic heterocycles. The number of aromatic amines is 1. The number of imidazole rings is 1. The minimum atomic E-state index is -5.08. The molecule has 0 saturated carbocycles. The van der Waals surface area contributed by atoms with Crippen LogP contribution in [-0.4, -0.2) is 49.4 Å². The van der Waals surface area contributed by atoms with Gasteiger partial charge in [-0.25, -0.2) is 9.59 Å². The molecule has 2 N–H and O–H groups in total. The Kier molecular flexibility index (Phi) is 6.72. The summed E-state index contributed by atoms with van der Waals surface area (Å²) >= 11 is 6.35. The summed E-state index contributed by atoms with van der Waals surface area (Å²) in [5.41, 5.74) is 4.40. The quantitative estimate of drug-likeness (QED) is 0.438. The third-order valence-electron chi connectivity index (χ3n) is 5.78. The average Bonchev–Trinajstić information content (AvgIpc) is 3.31. The van der Waals surface area contributed by atoms with Crippen LogP contribution in [0.5, 0.6) is 0 Å². The topological polar surface area (TPSA) is 83.3 Å². The van der Waals surface area contributed by atoms with Crippen LogP contribution in [0.25, 0.3) is 21.9 Å². The van der Waals surface area contributed by atoms with Gasteiger partial charge in [-0.05, 0) is 36.8 Å². The lowest BCUT2D eigenvalue weighted by Gasteiger charge is -2.28. The highest BCUT2D eigenvalue weighted by atomic mass is 35.5. The fourth-order valence-electron chi connectivity index (χ4n) is 4.22. The maximum atomic E-state index is 12.2. The van der Waals surface area contributed by atoms with Crippen LogP contribution in [0.1, 0.15) is 12.1 Å². The van der Waals surface area contributed by atoms with Crippen LogP contribution in [0.15, 0.2) is 53.3 Å². The molecule has 1 aliphatic rings. The molecule has 0 amide bonds. The summed E-state index contributed by atoms with van der Waals surface area (Å²) in [6.07, 6.45) is -4.14. The summed E-state index contributed by atoms with van der Waals surface area (Å²) in [6, 6.07) is 16.2. The van der Waals surface area contributed by atoms with E-state index < -0.39 is 12.1 Å². The first-order valence-electron chi connectivity index (χ1n) is 10.6. The number of H-pyrrole nitrogens is 1. The van der Waals surface area contributed by atoms with Crippen molar-refractivity contribution >= 4 is 39.5 Å². The number of fused-ring (bicyclic) bond motifs is 4. The zero-order chi connectivity index (χ0) is 24.5. The van der Waals surface area contributed by atoms with E-state index in [1.54, 1.807) is 0 Å². The molecule has 0 radical (unpaired) electrons. The predicted octanol–water partition coefficient (Wildman–Crippen LogP) is 4.48. The Bertz CT molecular complexity index is 1390. The van der Waals surface area contributed by atoms with Crippen molar-refractivity contribution in [3.8, 4) is 0 Å². The first-order valence-corrected chi connectivity index (χ1v) is 11.0. The van der Waals surface area contributed by atoms with Gasteiger partial charge in [0.25, 0.3) is 0 Å². The number of nitrogens with zero attached hydrogens (tertiary/aromatic N) is 3. The van der Waals surface area contributed by atoms with Crippen molar-refractivity contribution < 1.29 is 23.1 Å². The van der Waals surface area contributed by atoms with Gasteiger partial charge in [-0.3, -0.25) is 9.47 Å². The second-order valence-electron chi connectivity index (χ2n) is 7.99. The molecule has 0 aliphatic carbocycles. The summed E-state index contributed by atoms with van der Waals surface area (Å²) in [7, 11) is 0. The number of para-hydroxylation sites is 2. The number of rotatable bonds is 4. The van der Waals surface area contributed by atoms with Gasteiger partial charge in [-0.15, -0.1) is 0 Å². The molecule has 0 bridgehead atoms. The summed E-state index contributed by atoms with van der Waals surface area (Å²) in [4.78, 5) is 26.5. The Morgan fingerprint density at radius 3 is 2.50 bits per heavy atom. The Labute approximate surface area is 197 Å². The lowest BCUT2D eigenvalue weighted by atomic mass is 10.2. The number of carbonyl (C=O) groups is 1. The third-order valence-corrected chi connectivity index (χ3v) is 6.11. The van der Waals surface area contributed by atoms with Gasteiger partial charge < -0.3 is 14.7 Å². The smallest absolute Gasteiger partial charge is 0.475 e. The van der Waals surface area contributed by atoms with E-state index in [0.717, 1.165) is 60.6 Å². The highest BCUT2D eigenvalue weighted by molar-refractivity contribution is 6.35. The predicted molar refractivity (Wildman–Crippen MR) is 123 cm³/mol. The maximum Gasteiger partial charge on any atom is 0.490 e. The zero-order valence-electron chi connectivity index (χ0n) is 18.0. The van der Waals surface area contributed by atoms with Crippen LogP contribution in [0.4, 0.5) is 13.2 Å². The molecule has 11 heteroatoms. The van der Waals surface area contributed by atoms with Gasteiger partial charge in [0, 0.05) is 54.3 Å². The van der Waals surface area contributed by atoms with Crippen molar-refractivity contribution in [2.45, 2.75) is 32.2 Å². The Morgan fingerprint density at radius 2 is 1.76 bits per heavy atom. The van der Waals surface area contributed by atoms with Crippen molar-refractivity contribution in [2.24, 2.45) is 0 Å². The number of carboxylic acid groups (broad SMARTS) is 1. The number of aliphatic carboxylic acids is 1. The largest absolute Gasteiger partial charge is 0.490 e. The first kappa shape index (κ1) is 23.9. The highest BCUT2D eigenvalue weighted by Crippen LogP contribution is 2.29. The second kappa shape index (κ2) is 9.55. The number of halogens is 4. The molecule has 5 rings (SSSR count). The molecule has 180 valence electrons. The summed E-state index contributed by atoms with van der Waals surface area (Å²) < 4.78 is 36.0. The van der Waals surface area contributed by atoms with Crippen molar-refractivity contribution in [3.63, 3.8) is 0 Å². The van der Waals surface area contributed by atoms with Crippen molar-refractivity contribution in [3.05, 3.63) is 69.7 Å². The van der Waals surface area contributed by atoms with E-state index in [4.69, 9.17) is 21.5 Å². The van der Waals surface area contributed by atoms with Gasteiger partial charge in [0.15, 0.2) is 0 Å². The van der Waals surface area contributed by atoms with Crippen molar-refractivity contribution in [2.75, 3.05) is 13.1 Å². The van der Waals surface area contributed by atoms with Crippen LogP contribution < -0.4 is 5.69 Å². The number of nitrogens with one attached hydrogen (secondary N) is 1. The monoisotopic (exact) mass is 494 g/mol. The SMILES string of the molecule is O=C(O)C(F)(F)F.O=c1[nH]c2ccccc2n1CCCN1CCn2c(cc3c(Cl)cccc32)C1. The lowest BCUT2D eigenvalue weighted by molar-refractivity contribution is -0.192. The standard InChI is InChI=1S/C21H21ClN4O.C2HF3O2/c22-17-5-3-8-19-16(17)13-15-14-24(11-12-25(15)19)9-4-10-26-20-7-2-1-6-18(20)23-21(26)27;3-2(4,5)1(6)7/h1-3,5-8,13H,4,9-12,14H2,(H,23,27);(H,6,7). The van der Waals surface area contributed by atoms with Gasteiger partial charge in [0.2, 0.25) is 0 Å². The molecule has 3 heterocycles. The number of aryl methyl sites for hydroxylation is 1. The van der Waals surface area contributed by atoms with Gasteiger partial charge in [0.1, 0.15) is 0 Å². The summed E-state index contributed by atoms with van der Waals surface area (Å²) in [6.45, 7) is 4.63. The zero-order valence-corrected chi connectivity index (χ0v) is 18.7. The van der Waals surface area contributed by atoms with Gasteiger partial charge in [-0.1, -0.05) is 29.8 Å². The Balaban J connectivity index is 0.000000344. The van der Waals surface area contributed by atoms with Gasteiger partial charge >= 0.3 is 17.8 Å². The first-order chi connectivity index (χ1) is 16.1. The third kappa shape index (κ3) is 4.97. The van der Waals surface area contributed by atoms with E-state index in [1.165, 1.54) is 11.2 Å². The molecule has 4 aromatic rings. The van der Waals surface area contributed by atoms with E-state index in [2.05, 4.69) is 26.6 Å². The van der Waals surface area contributed by atoms with Crippen molar-refractivity contribution in [1.29, 1.82) is 0 Å². The molecule has 34 heavy (non-hydrogen) atoms. The van der Waals surface area contributed by atoms with Gasteiger partial charge in [0.05, 0.1) is 11.0 Å². The van der Waals surface area contributed by atoms with Crippen LogP contribution >= 0.6 is 11.6 Å². The van der Waals surface area contributed by atoms with Crippen LogP contribution in [0.2, 0.25) is 5.02 Å². The van der Waals surface area contributed by atoms with Crippen molar-refractivity contribution in [1.82, 2.24) is 19.0 Å². The average molecular weight is 495 g/mol. The molecule has 0 fully saturated rings. The number of hydrogen-bond donors (Lipinski definition) is 2. The molecule has 0 atom stereocenters. The molecular weight excluding hydrogens is 473 g/mol. The molecule has 0 spiro atoms. The lowest BCUT2D eigenvalue weighted by Crippen LogP contribution is -2.34. The van der Waals surface area contributed by atoms with E-state index in [9.17, 15) is 18.0 Å². The van der Waals surface area contributed by atoms with Gasteiger partial charge in [-0.2, -0.15) is 13.2 Å². The molecule has 2 aromatic carbocycles. The number of alkyl halides is 3. The molecule has 0 saturated heterocycles. The molecule has 0 unspecified atom stereocenters. The van der Waals surface area contributed by atoms with Crippen LogP contribution in [0.3, 0.4) is 0 Å². The fraction of sp³-hybridized carbons (Fsp3) is 0.304. The Hall–Kier alpha value is -3.24. The normalized spacial score (nSPS) is 14.1. The molecule has 7 nitrogen and oxygen atoms in total.